The van der Waals surface area contributed by atoms with Crippen molar-refractivity contribution in [3.8, 4) is 0 Å². The largest absolute Gasteiger partial charge is 0.352 e. The summed E-state index contributed by atoms with van der Waals surface area (Å²) in [6.07, 6.45) is 1.24. The molecule has 1 amide bonds. The van der Waals surface area contributed by atoms with Crippen LogP contribution in [-0.4, -0.2) is 11.9 Å². The molecule has 0 heterocycles. The Labute approximate surface area is 110 Å². The number of rotatable bonds is 5. The lowest BCUT2D eigenvalue weighted by atomic mass is 10.00. The second kappa shape index (κ2) is 6.55. The van der Waals surface area contributed by atoms with Crippen LogP contribution in [0.4, 0.5) is 0 Å². The maximum atomic E-state index is 11.6. The number of amides is 1. The van der Waals surface area contributed by atoms with Crippen LogP contribution in [0.25, 0.3) is 0 Å². The van der Waals surface area contributed by atoms with Crippen molar-refractivity contribution in [3.63, 3.8) is 0 Å². The van der Waals surface area contributed by atoms with E-state index in [1.807, 2.05) is 6.92 Å². The molecule has 0 bridgehead atoms. The lowest BCUT2D eigenvalue weighted by Gasteiger charge is -2.12. The summed E-state index contributed by atoms with van der Waals surface area (Å²) in [6, 6.07) is 4.38. The van der Waals surface area contributed by atoms with Gasteiger partial charge in [-0.3, -0.25) is 4.79 Å². The van der Waals surface area contributed by atoms with Crippen LogP contribution in [0.5, 0.6) is 0 Å². The summed E-state index contributed by atoms with van der Waals surface area (Å²) in [7, 11) is 0. The van der Waals surface area contributed by atoms with Crippen LogP contribution in [-0.2, 0) is 11.3 Å². The molecule has 1 unspecified atom stereocenters. The molecule has 1 aromatic rings. The molecule has 0 aromatic heterocycles. The van der Waals surface area contributed by atoms with E-state index in [1.54, 1.807) is 0 Å². The zero-order valence-electron chi connectivity index (χ0n) is 11.8. The molecule has 3 N–H and O–H groups in total. The van der Waals surface area contributed by atoms with E-state index in [1.165, 1.54) is 22.3 Å². The van der Waals surface area contributed by atoms with E-state index >= 15 is 0 Å². The highest BCUT2D eigenvalue weighted by molar-refractivity contribution is 5.76. The molecule has 0 aliphatic rings. The van der Waals surface area contributed by atoms with Gasteiger partial charge >= 0.3 is 0 Å². The second-order valence-corrected chi connectivity index (χ2v) is 5.17. The van der Waals surface area contributed by atoms with Crippen LogP contribution in [0.3, 0.4) is 0 Å². The quantitative estimate of drug-likeness (QED) is 0.840. The summed E-state index contributed by atoms with van der Waals surface area (Å²) in [6.45, 7) is 8.79. The summed E-state index contributed by atoms with van der Waals surface area (Å²) in [5.74, 6) is 0.0756. The average molecular weight is 248 g/mol. The van der Waals surface area contributed by atoms with Crippen LogP contribution < -0.4 is 11.1 Å². The van der Waals surface area contributed by atoms with Crippen molar-refractivity contribution >= 4 is 5.91 Å². The number of carbonyl (C=O) groups is 1. The number of hydrogen-bond acceptors (Lipinski definition) is 2. The van der Waals surface area contributed by atoms with Crippen molar-refractivity contribution in [3.05, 3.63) is 34.4 Å². The zero-order chi connectivity index (χ0) is 13.7. The molecule has 100 valence electrons. The topological polar surface area (TPSA) is 55.1 Å². The molecule has 0 saturated carbocycles. The standard InChI is InChI=1S/C15H24N2O/c1-10-7-11(2)14(12(3)8-10)9-17-15(18)6-5-13(4)16/h7-8,13H,5-6,9,16H2,1-4H3,(H,17,18). The van der Waals surface area contributed by atoms with Crippen LogP contribution in [0.2, 0.25) is 0 Å². The van der Waals surface area contributed by atoms with E-state index in [0.29, 0.717) is 13.0 Å². The third-order valence-electron chi connectivity index (χ3n) is 3.13. The molecule has 3 heteroatoms. The maximum absolute atomic E-state index is 11.6. The van der Waals surface area contributed by atoms with Crippen LogP contribution in [0, 0.1) is 20.8 Å². The molecule has 0 radical (unpaired) electrons. The highest BCUT2D eigenvalue weighted by Crippen LogP contribution is 2.16. The Balaban J connectivity index is 2.56. The molecule has 0 aliphatic heterocycles. The first-order chi connectivity index (χ1) is 8.40. The van der Waals surface area contributed by atoms with Crippen molar-refractivity contribution < 1.29 is 4.79 Å². The third kappa shape index (κ3) is 4.49. The van der Waals surface area contributed by atoms with E-state index in [0.717, 1.165) is 6.42 Å². The number of nitrogens with one attached hydrogen (secondary N) is 1. The summed E-state index contributed by atoms with van der Waals surface area (Å²) >= 11 is 0. The summed E-state index contributed by atoms with van der Waals surface area (Å²) in [5, 5.41) is 2.96. The van der Waals surface area contributed by atoms with Gasteiger partial charge in [0.2, 0.25) is 5.91 Å². The SMILES string of the molecule is Cc1cc(C)c(CNC(=O)CCC(C)N)c(C)c1. The van der Waals surface area contributed by atoms with Gasteiger partial charge in [-0.25, -0.2) is 0 Å². The summed E-state index contributed by atoms with van der Waals surface area (Å²) < 4.78 is 0. The summed E-state index contributed by atoms with van der Waals surface area (Å²) in [5.41, 5.74) is 10.6. The van der Waals surface area contributed by atoms with Gasteiger partial charge in [0.05, 0.1) is 0 Å². The average Bonchev–Trinajstić information content (AvgIpc) is 2.24. The Bertz CT molecular complexity index is 401. The molecule has 0 spiro atoms. The lowest BCUT2D eigenvalue weighted by Crippen LogP contribution is -2.26. The first kappa shape index (κ1) is 14.7. The second-order valence-electron chi connectivity index (χ2n) is 5.17. The van der Waals surface area contributed by atoms with Gasteiger partial charge < -0.3 is 11.1 Å². The van der Waals surface area contributed by atoms with Gasteiger partial charge in [0.15, 0.2) is 0 Å². The predicted octanol–water partition coefficient (Wildman–Crippen LogP) is 2.36. The van der Waals surface area contributed by atoms with Gasteiger partial charge in [-0.05, 0) is 50.8 Å². The van der Waals surface area contributed by atoms with Gasteiger partial charge in [0, 0.05) is 19.0 Å². The minimum atomic E-state index is 0.0756. The van der Waals surface area contributed by atoms with Gasteiger partial charge in [-0.1, -0.05) is 17.7 Å². The fourth-order valence-electron chi connectivity index (χ4n) is 2.12. The fraction of sp³-hybridized carbons (Fsp3) is 0.533. The van der Waals surface area contributed by atoms with Crippen LogP contribution >= 0.6 is 0 Å². The van der Waals surface area contributed by atoms with Crippen molar-refractivity contribution in [2.24, 2.45) is 5.73 Å². The van der Waals surface area contributed by atoms with Crippen molar-refractivity contribution in [1.29, 1.82) is 0 Å². The first-order valence-corrected chi connectivity index (χ1v) is 6.49. The van der Waals surface area contributed by atoms with Crippen molar-refractivity contribution in [2.45, 2.75) is 53.1 Å². The van der Waals surface area contributed by atoms with Gasteiger partial charge in [-0.2, -0.15) is 0 Å². The lowest BCUT2D eigenvalue weighted by molar-refractivity contribution is -0.121. The maximum Gasteiger partial charge on any atom is 0.220 e. The van der Waals surface area contributed by atoms with E-state index < -0.39 is 0 Å². The first-order valence-electron chi connectivity index (χ1n) is 6.49. The monoisotopic (exact) mass is 248 g/mol. The Kier molecular flexibility index (Phi) is 5.35. The van der Waals surface area contributed by atoms with Crippen LogP contribution in [0.1, 0.15) is 42.0 Å². The fourth-order valence-corrected chi connectivity index (χ4v) is 2.12. The third-order valence-corrected chi connectivity index (χ3v) is 3.13. The molecule has 0 saturated heterocycles. The number of carbonyl (C=O) groups excluding carboxylic acids is 1. The number of nitrogens with two attached hydrogens (primary N) is 1. The Hall–Kier alpha value is -1.35. The Morgan fingerprint density at radius 2 is 1.83 bits per heavy atom. The molecule has 1 aromatic carbocycles. The van der Waals surface area contributed by atoms with Crippen molar-refractivity contribution in [2.75, 3.05) is 0 Å². The molecule has 0 aliphatic carbocycles. The minimum Gasteiger partial charge on any atom is -0.352 e. The highest BCUT2D eigenvalue weighted by atomic mass is 16.1. The number of benzene rings is 1. The highest BCUT2D eigenvalue weighted by Gasteiger charge is 2.07. The smallest absolute Gasteiger partial charge is 0.220 e. The van der Waals surface area contributed by atoms with Gasteiger partial charge in [0.25, 0.3) is 0 Å². The molecular weight excluding hydrogens is 224 g/mol. The van der Waals surface area contributed by atoms with Gasteiger partial charge in [-0.15, -0.1) is 0 Å². The molecular formula is C15H24N2O. The Morgan fingerprint density at radius 3 is 2.33 bits per heavy atom. The zero-order valence-corrected chi connectivity index (χ0v) is 11.8. The van der Waals surface area contributed by atoms with Crippen molar-refractivity contribution in [1.82, 2.24) is 5.32 Å². The molecule has 18 heavy (non-hydrogen) atoms. The van der Waals surface area contributed by atoms with E-state index in [2.05, 4.69) is 38.2 Å². The van der Waals surface area contributed by atoms with E-state index in [9.17, 15) is 4.79 Å². The normalized spacial score (nSPS) is 12.3. The molecule has 3 nitrogen and oxygen atoms in total. The predicted molar refractivity (Wildman–Crippen MR) is 75.4 cm³/mol. The number of hydrogen-bond donors (Lipinski definition) is 2. The van der Waals surface area contributed by atoms with Gasteiger partial charge in [0.1, 0.15) is 0 Å². The van der Waals surface area contributed by atoms with Crippen LogP contribution in [0.15, 0.2) is 12.1 Å². The van der Waals surface area contributed by atoms with E-state index in [-0.39, 0.29) is 11.9 Å². The molecule has 1 rings (SSSR count). The number of aryl methyl sites for hydroxylation is 3. The Morgan fingerprint density at radius 1 is 1.28 bits per heavy atom. The molecule has 1 atom stereocenters. The van der Waals surface area contributed by atoms with E-state index in [4.69, 9.17) is 5.73 Å². The molecule has 0 fully saturated rings. The summed E-state index contributed by atoms with van der Waals surface area (Å²) in [4.78, 5) is 11.6. The minimum absolute atomic E-state index is 0.0756.